The summed E-state index contributed by atoms with van der Waals surface area (Å²) in [6.07, 6.45) is 0. The van der Waals surface area contributed by atoms with Gasteiger partial charge in [-0.05, 0) is 19.1 Å². The molecule has 0 bridgehead atoms. The fraction of sp³-hybridized carbons (Fsp3) is 0.182. The van der Waals surface area contributed by atoms with Crippen LogP contribution in [0.25, 0.3) is 0 Å². The summed E-state index contributed by atoms with van der Waals surface area (Å²) in [4.78, 5) is 12.7. The zero-order chi connectivity index (χ0) is 12.1. The first-order chi connectivity index (χ1) is 8.24. The van der Waals surface area contributed by atoms with Crippen LogP contribution in [0.15, 0.2) is 35.2 Å². The molecule has 2 rings (SSSR count). The van der Waals surface area contributed by atoms with E-state index in [0.29, 0.717) is 10.9 Å². The first-order valence-corrected chi connectivity index (χ1v) is 6.82. The van der Waals surface area contributed by atoms with Crippen molar-refractivity contribution in [3.63, 3.8) is 0 Å². The number of carbonyl (C=O) groups excluding carboxylic acids is 1. The topological polar surface area (TPSA) is 54.9 Å². The first-order valence-electron chi connectivity index (χ1n) is 5.02. The number of anilines is 1. The third-order valence-electron chi connectivity index (χ3n) is 1.89. The normalized spacial score (nSPS) is 10.2. The third kappa shape index (κ3) is 3.83. The highest BCUT2D eigenvalue weighted by molar-refractivity contribution is 8.00. The SMILES string of the molecule is Cc1nnc(NC(=O)CSc2ccccc2)s1. The molecule has 0 atom stereocenters. The molecule has 0 spiro atoms. The zero-order valence-corrected chi connectivity index (χ0v) is 10.8. The summed E-state index contributed by atoms with van der Waals surface area (Å²) in [5.74, 6) is 0.317. The number of nitrogens with one attached hydrogen (secondary N) is 1. The van der Waals surface area contributed by atoms with Crippen molar-refractivity contribution in [3.05, 3.63) is 35.3 Å². The van der Waals surface area contributed by atoms with Gasteiger partial charge in [-0.15, -0.1) is 22.0 Å². The van der Waals surface area contributed by atoms with Gasteiger partial charge in [-0.1, -0.05) is 29.5 Å². The maximum atomic E-state index is 11.6. The Bertz CT molecular complexity index is 498. The van der Waals surface area contributed by atoms with Crippen molar-refractivity contribution in [3.8, 4) is 0 Å². The van der Waals surface area contributed by atoms with Crippen LogP contribution in [0.1, 0.15) is 5.01 Å². The van der Waals surface area contributed by atoms with E-state index in [9.17, 15) is 4.79 Å². The van der Waals surface area contributed by atoms with Gasteiger partial charge in [0.15, 0.2) is 0 Å². The lowest BCUT2D eigenvalue weighted by atomic mass is 10.4. The van der Waals surface area contributed by atoms with Crippen LogP contribution in [0.5, 0.6) is 0 Å². The lowest BCUT2D eigenvalue weighted by Gasteiger charge is -2.01. The summed E-state index contributed by atoms with van der Waals surface area (Å²) < 4.78 is 0. The zero-order valence-electron chi connectivity index (χ0n) is 9.21. The van der Waals surface area contributed by atoms with Crippen molar-refractivity contribution >= 4 is 34.1 Å². The molecular formula is C11H11N3OS2. The van der Waals surface area contributed by atoms with Crippen LogP contribution in [0.2, 0.25) is 0 Å². The molecule has 0 fully saturated rings. The minimum atomic E-state index is -0.0602. The van der Waals surface area contributed by atoms with E-state index >= 15 is 0 Å². The molecule has 0 unspecified atom stereocenters. The largest absolute Gasteiger partial charge is 0.300 e. The van der Waals surface area contributed by atoms with Crippen LogP contribution >= 0.6 is 23.1 Å². The molecule has 1 aromatic heterocycles. The minimum Gasteiger partial charge on any atom is -0.300 e. The van der Waals surface area contributed by atoms with Crippen LogP contribution in [0.4, 0.5) is 5.13 Å². The highest BCUT2D eigenvalue weighted by Gasteiger charge is 2.06. The quantitative estimate of drug-likeness (QED) is 0.863. The molecule has 1 heterocycles. The fourth-order valence-electron chi connectivity index (χ4n) is 1.17. The van der Waals surface area contributed by atoms with Gasteiger partial charge < -0.3 is 0 Å². The fourth-order valence-corrected chi connectivity index (χ4v) is 2.50. The number of benzene rings is 1. The van der Waals surface area contributed by atoms with Crippen LogP contribution in [0.3, 0.4) is 0 Å². The second kappa shape index (κ2) is 5.79. The van der Waals surface area contributed by atoms with Crippen molar-refractivity contribution in [2.24, 2.45) is 0 Å². The Balaban J connectivity index is 1.82. The van der Waals surface area contributed by atoms with E-state index in [2.05, 4.69) is 15.5 Å². The van der Waals surface area contributed by atoms with Gasteiger partial charge in [0.2, 0.25) is 11.0 Å². The van der Waals surface area contributed by atoms with E-state index in [0.717, 1.165) is 9.90 Å². The van der Waals surface area contributed by atoms with Gasteiger partial charge in [-0.25, -0.2) is 0 Å². The van der Waals surface area contributed by atoms with Crippen LogP contribution in [-0.4, -0.2) is 21.9 Å². The summed E-state index contributed by atoms with van der Waals surface area (Å²) >= 11 is 2.87. The van der Waals surface area contributed by atoms with Crippen molar-refractivity contribution in [2.45, 2.75) is 11.8 Å². The monoisotopic (exact) mass is 265 g/mol. The molecule has 0 aliphatic rings. The van der Waals surface area contributed by atoms with Crippen LogP contribution < -0.4 is 5.32 Å². The minimum absolute atomic E-state index is 0.0602. The smallest absolute Gasteiger partial charge is 0.236 e. The Morgan fingerprint density at radius 1 is 1.35 bits per heavy atom. The molecule has 0 aliphatic heterocycles. The van der Waals surface area contributed by atoms with E-state index in [4.69, 9.17) is 0 Å². The van der Waals surface area contributed by atoms with Gasteiger partial charge in [0, 0.05) is 4.90 Å². The van der Waals surface area contributed by atoms with E-state index in [1.54, 1.807) is 0 Å². The van der Waals surface area contributed by atoms with Gasteiger partial charge in [-0.2, -0.15) is 0 Å². The van der Waals surface area contributed by atoms with Crippen LogP contribution in [-0.2, 0) is 4.79 Å². The maximum Gasteiger partial charge on any atom is 0.236 e. The molecule has 0 saturated carbocycles. The Hall–Kier alpha value is -1.40. The molecule has 0 saturated heterocycles. The number of hydrogen-bond donors (Lipinski definition) is 1. The molecule has 4 nitrogen and oxygen atoms in total. The molecule has 6 heteroatoms. The molecule has 0 radical (unpaired) electrons. The summed E-state index contributed by atoms with van der Waals surface area (Å²) in [6.45, 7) is 1.85. The van der Waals surface area contributed by atoms with Gasteiger partial charge >= 0.3 is 0 Å². The Morgan fingerprint density at radius 2 is 2.12 bits per heavy atom. The summed E-state index contributed by atoms with van der Waals surface area (Å²) in [5, 5.41) is 11.8. The lowest BCUT2D eigenvalue weighted by Crippen LogP contribution is -2.13. The van der Waals surface area contributed by atoms with Crippen molar-refractivity contribution in [1.82, 2.24) is 10.2 Å². The third-order valence-corrected chi connectivity index (χ3v) is 3.65. The standard InChI is InChI=1S/C11H11N3OS2/c1-8-13-14-11(17-8)12-10(15)7-16-9-5-3-2-4-6-9/h2-6H,7H2,1H3,(H,12,14,15). The van der Waals surface area contributed by atoms with Crippen LogP contribution in [0, 0.1) is 6.92 Å². The molecule has 2 aromatic rings. The van der Waals surface area contributed by atoms with Crippen molar-refractivity contribution < 1.29 is 4.79 Å². The van der Waals surface area contributed by atoms with E-state index in [-0.39, 0.29) is 5.91 Å². The molecule has 1 amide bonds. The van der Waals surface area contributed by atoms with E-state index in [1.807, 2.05) is 37.3 Å². The molecule has 88 valence electrons. The molecule has 1 aromatic carbocycles. The summed E-state index contributed by atoms with van der Waals surface area (Å²) in [5.41, 5.74) is 0. The molecular weight excluding hydrogens is 254 g/mol. The van der Waals surface area contributed by atoms with Gasteiger partial charge in [-0.3, -0.25) is 10.1 Å². The van der Waals surface area contributed by atoms with Crippen molar-refractivity contribution in [1.29, 1.82) is 0 Å². The highest BCUT2D eigenvalue weighted by Crippen LogP contribution is 2.18. The predicted molar refractivity (Wildman–Crippen MR) is 70.4 cm³/mol. The number of thioether (sulfide) groups is 1. The number of aromatic nitrogens is 2. The second-order valence-electron chi connectivity index (χ2n) is 3.28. The van der Waals surface area contributed by atoms with Crippen molar-refractivity contribution in [2.75, 3.05) is 11.1 Å². The molecule has 0 aliphatic carbocycles. The Morgan fingerprint density at radius 3 is 2.76 bits per heavy atom. The lowest BCUT2D eigenvalue weighted by molar-refractivity contribution is -0.113. The number of rotatable bonds is 4. The van der Waals surface area contributed by atoms with Gasteiger partial charge in [0.1, 0.15) is 5.01 Å². The Labute approximate surface area is 107 Å². The Kier molecular flexibility index (Phi) is 4.11. The number of amides is 1. The average molecular weight is 265 g/mol. The highest BCUT2D eigenvalue weighted by atomic mass is 32.2. The average Bonchev–Trinajstić information content (AvgIpc) is 2.73. The predicted octanol–water partition coefficient (Wildman–Crippen LogP) is 2.58. The number of carbonyl (C=O) groups is 1. The second-order valence-corrected chi connectivity index (χ2v) is 5.51. The van der Waals surface area contributed by atoms with E-state index < -0.39 is 0 Å². The maximum absolute atomic E-state index is 11.6. The van der Waals surface area contributed by atoms with Gasteiger partial charge in [0.05, 0.1) is 5.75 Å². The number of nitrogens with zero attached hydrogens (tertiary/aromatic N) is 2. The number of hydrogen-bond acceptors (Lipinski definition) is 5. The van der Waals surface area contributed by atoms with E-state index in [1.165, 1.54) is 23.1 Å². The number of aryl methyl sites for hydroxylation is 1. The molecule has 1 N–H and O–H groups in total. The van der Waals surface area contributed by atoms with Gasteiger partial charge in [0.25, 0.3) is 0 Å². The first kappa shape index (κ1) is 12.1. The molecule has 17 heavy (non-hydrogen) atoms. The summed E-state index contributed by atoms with van der Waals surface area (Å²) in [7, 11) is 0. The summed E-state index contributed by atoms with van der Waals surface area (Å²) in [6, 6.07) is 9.82.